The first kappa shape index (κ1) is 14.8. The minimum Gasteiger partial charge on any atom is -0.481 e. The Bertz CT molecular complexity index is 461. The van der Waals surface area contributed by atoms with Crippen LogP contribution in [0.25, 0.3) is 0 Å². The van der Waals surface area contributed by atoms with Gasteiger partial charge in [0, 0.05) is 31.4 Å². The quantitative estimate of drug-likeness (QED) is 0.908. The Morgan fingerprint density at radius 1 is 1.55 bits per heavy atom. The lowest BCUT2D eigenvalue weighted by atomic mass is 10.0. The third-order valence-corrected chi connectivity index (χ3v) is 4.48. The minimum atomic E-state index is -0.760. The number of hydrogen-bond acceptors (Lipinski definition) is 3. The van der Waals surface area contributed by atoms with Gasteiger partial charge in [0.25, 0.3) is 0 Å². The molecule has 5 nitrogen and oxygen atoms in total. The monoisotopic (exact) mass is 296 g/mol. The van der Waals surface area contributed by atoms with Gasteiger partial charge in [-0.1, -0.05) is 6.07 Å². The highest BCUT2D eigenvalue weighted by molar-refractivity contribution is 7.09. The van der Waals surface area contributed by atoms with Crippen LogP contribution in [0.4, 0.5) is 4.79 Å². The van der Waals surface area contributed by atoms with E-state index in [4.69, 9.17) is 5.11 Å². The van der Waals surface area contributed by atoms with Crippen molar-refractivity contribution < 1.29 is 14.7 Å². The lowest BCUT2D eigenvalue weighted by molar-refractivity contribution is -0.137. The fraction of sp³-hybridized carbons (Fsp3) is 0.571. The van der Waals surface area contributed by atoms with Gasteiger partial charge in [0.2, 0.25) is 0 Å². The van der Waals surface area contributed by atoms with Crippen LogP contribution in [0, 0.1) is 5.92 Å². The topological polar surface area (TPSA) is 60.9 Å². The average Bonchev–Trinajstić information content (AvgIpc) is 3.06. The number of carbonyl (C=O) groups is 2. The summed E-state index contributed by atoms with van der Waals surface area (Å²) in [5, 5.41) is 10.7. The van der Waals surface area contributed by atoms with Crippen molar-refractivity contribution in [3.8, 4) is 0 Å². The Morgan fingerprint density at radius 2 is 2.35 bits per heavy atom. The van der Waals surface area contributed by atoms with Crippen LogP contribution in [0.15, 0.2) is 17.5 Å². The predicted octanol–water partition coefficient (Wildman–Crippen LogP) is 2.49. The zero-order valence-corrected chi connectivity index (χ0v) is 12.4. The molecule has 0 radical (unpaired) electrons. The maximum Gasteiger partial charge on any atom is 0.320 e. The lowest BCUT2D eigenvalue weighted by Gasteiger charge is -2.24. The first-order chi connectivity index (χ1) is 9.56. The van der Waals surface area contributed by atoms with Crippen molar-refractivity contribution in [1.29, 1.82) is 0 Å². The van der Waals surface area contributed by atoms with E-state index in [1.807, 2.05) is 29.5 Å². The zero-order chi connectivity index (χ0) is 14.5. The van der Waals surface area contributed by atoms with Crippen molar-refractivity contribution in [3.05, 3.63) is 22.4 Å². The number of likely N-dealkylation sites (tertiary alicyclic amines) is 1. The molecule has 20 heavy (non-hydrogen) atoms. The third-order valence-electron chi connectivity index (χ3n) is 3.62. The Hall–Kier alpha value is -1.56. The molecule has 0 aliphatic carbocycles. The third kappa shape index (κ3) is 3.96. The highest BCUT2D eigenvalue weighted by atomic mass is 32.1. The number of carbonyl (C=O) groups excluding carboxylic acids is 1. The number of amides is 2. The summed E-state index contributed by atoms with van der Waals surface area (Å²) < 4.78 is 0. The molecule has 0 aromatic carbocycles. The molecule has 1 fully saturated rings. The molecular weight excluding hydrogens is 276 g/mol. The number of urea groups is 1. The number of carboxylic acid groups (broad SMARTS) is 1. The molecule has 1 aliphatic rings. The Labute approximate surface area is 122 Å². The van der Waals surface area contributed by atoms with Crippen LogP contribution < -0.4 is 0 Å². The second kappa shape index (κ2) is 6.74. The number of carboxylic acids is 1. The standard InChI is InChI=1S/C14H20N2O3S/c1-15(10-12-3-2-8-20-12)14(19)16-7-6-11(9-16)4-5-13(17)18/h2-3,8,11H,4-7,9-10H2,1H3,(H,17,18). The summed E-state index contributed by atoms with van der Waals surface area (Å²) in [5.41, 5.74) is 0. The molecule has 1 saturated heterocycles. The maximum atomic E-state index is 12.3. The summed E-state index contributed by atoms with van der Waals surface area (Å²) in [4.78, 5) is 27.6. The van der Waals surface area contributed by atoms with Crippen molar-refractivity contribution in [3.63, 3.8) is 0 Å². The molecule has 0 saturated carbocycles. The van der Waals surface area contributed by atoms with Gasteiger partial charge in [-0.3, -0.25) is 4.79 Å². The largest absolute Gasteiger partial charge is 0.481 e. The summed E-state index contributed by atoms with van der Waals surface area (Å²) in [6.45, 7) is 2.05. The van der Waals surface area contributed by atoms with Crippen molar-refractivity contribution in [2.45, 2.75) is 25.8 Å². The van der Waals surface area contributed by atoms with Crippen LogP contribution in [0.5, 0.6) is 0 Å². The van der Waals surface area contributed by atoms with Crippen LogP contribution in [0.3, 0.4) is 0 Å². The molecule has 1 aromatic rings. The highest BCUT2D eigenvalue weighted by Crippen LogP contribution is 2.22. The molecule has 1 aromatic heterocycles. The van der Waals surface area contributed by atoms with Crippen LogP contribution >= 0.6 is 11.3 Å². The minimum absolute atomic E-state index is 0.0382. The van der Waals surface area contributed by atoms with Gasteiger partial charge in [0.15, 0.2) is 0 Å². The van der Waals surface area contributed by atoms with Gasteiger partial charge >= 0.3 is 12.0 Å². The first-order valence-electron chi connectivity index (χ1n) is 6.80. The summed E-state index contributed by atoms with van der Waals surface area (Å²) in [5.74, 6) is -0.435. The SMILES string of the molecule is CN(Cc1cccs1)C(=O)N1CCC(CCC(=O)O)C1. The Morgan fingerprint density at radius 3 is 3.00 bits per heavy atom. The second-order valence-corrected chi connectivity index (χ2v) is 6.28. The van der Waals surface area contributed by atoms with Gasteiger partial charge < -0.3 is 14.9 Å². The van der Waals surface area contributed by atoms with E-state index < -0.39 is 5.97 Å². The maximum absolute atomic E-state index is 12.3. The van der Waals surface area contributed by atoms with Crippen molar-refractivity contribution in [1.82, 2.24) is 9.80 Å². The molecule has 2 amide bonds. The van der Waals surface area contributed by atoms with Gasteiger partial charge in [-0.2, -0.15) is 0 Å². The molecule has 110 valence electrons. The Kier molecular flexibility index (Phi) is 5.00. The van der Waals surface area contributed by atoms with E-state index >= 15 is 0 Å². The number of hydrogen-bond donors (Lipinski definition) is 1. The Balaban J connectivity index is 1.80. The summed E-state index contributed by atoms with van der Waals surface area (Å²) in [6, 6.07) is 4.04. The van der Waals surface area contributed by atoms with Crippen molar-refractivity contribution >= 4 is 23.3 Å². The highest BCUT2D eigenvalue weighted by Gasteiger charge is 2.28. The lowest BCUT2D eigenvalue weighted by Crippen LogP contribution is -2.39. The van der Waals surface area contributed by atoms with Gasteiger partial charge in [-0.05, 0) is 30.2 Å². The van der Waals surface area contributed by atoms with Gasteiger partial charge in [0.05, 0.1) is 6.54 Å². The van der Waals surface area contributed by atoms with E-state index in [9.17, 15) is 9.59 Å². The molecule has 1 atom stereocenters. The van der Waals surface area contributed by atoms with E-state index in [0.29, 0.717) is 25.4 Å². The van der Waals surface area contributed by atoms with E-state index in [0.717, 1.165) is 13.0 Å². The molecule has 1 N–H and O–H groups in total. The number of thiophene rings is 1. The van der Waals surface area contributed by atoms with E-state index in [1.54, 1.807) is 16.2 Å². The van der Waals surface area contributed by atoms with Crippen LogP contribution in [0.2, 0.25) is 0 Å². The van der Waals surface area contributed by atoms with E-state index in [1.165, 1.54) is 4.88 Å². The first-order valence-corrected chi connectivity index (χ1v) is 7.68. The molecule has 1 aliphatic heterocycles. The molecule has 0 bridgehead atoms. The summed E-state index contributed by atoms with van der Waals surface area (Å²) >= 11 is 1.65. The van der Waals surface area contributed by atoms with Crippen LogP contribution in [0.1, 0.15) is 24.1 Å². The molecule has 6 heteroatoms. The molecule has 2 rings (SSSR count). The smallest absolute Gasteiger partial charge is 0.320 e. The molecule has 1 unspecified atom stereocenters. The van der Waals surface area contributed by atoms with Gasteiger partial charge in [-0.15, -0.1) is 11.3 Å². The zero-order valence-electron chi connectivity index (χ0n) is 11.6. The van der Waals surface area contributed by atoms with E-state index in [2.05, 4.69) is 0 Å². The van der Waals surface area contributed by atoms with Crippen LogP contribution in [-0.4, -0.2) is 47.0 Å². The number of nitrogens with zero attached hydrogens (tertiary/aromatic N) is 2. The van der Waals surface area contributed by atoms with Crippen LogP contribution in [-0.2, 0) is 11.3 Å². The molecule has 2 heterocycles. The normalized spacial score (nSPS) is 18.2. The van der Waals surface area contributed by atoms with Crippen molar-refractivity contribution in [2.24, 2.45) is 5.92 Å². The predicted molar refractivity (Wildman–Crippen MR) is 77.7 cm³/mol. The van der Waals surface area contributed by atoms with Gasteiger partial charge in [-0.25, -0.2) is 4.79 Å². The second-order valence-electron chi connectivity index (χ2n) is 5.25. The molecular formula is C14H20N2O3S. The van der Waals surface area contributed by atoms with Crippen molar-refractivity contribution in [2.75, 3.05) is 20.1 Å². The van der Waals surface area contributed by atoms with Gasteiger partial charge in [0.1, 0.15) is 0 Å². The summed E-state index contributed by atoms with van der Waals surface area (Å²) in [7, 11) is 1.81. The fourth-order valence-corrected chi connectivity index (χ4v) is 3.27. The van der Waals surface area contributed by atoms with E-state index in [-0.39, 0.29) is 12.5 Å². The molecule has 0 spiro atoms. The number of aliphatic carboxylic acids is 1. The fourth-order valence-electron chi connectivity index (χ4n) is 2.51. The number of rotatable bonds is 5. The summed E-state index contributed by atoms with van der Waals surface area (Å²) in [6.07, 6.45) is 1.76. The average molecular weight is 296 g/mol.